The molecule has 2 atom stereocenters. The number of benzene rings is 1. The number of amides is 1. The summed E-state index contributed by atoms with van der Waals surface area (Å²) in [7, 11) is 0. The smallest absolute Gasteiger partial charge is 0.416 e. The van der Waals surface area contributed by atoms with Gasteiger partial charge in [0.05, 0.1) is 11.5 Å². The van der Waals surface area contributed by atoms with Crippen molar-refractivity contribution in [3.8, 4) is 0 Å². The van der Waals surface area contributed by atoms with Gasteiger partial charge in [0.2, 0.25) is 0 Å². The first-order valence-electron chi connectivity index (χ1n) is 6.41. The van der Waals surface area contributed by atoms with E-state index in [0.717, 1.165) is 18.6 Å². The molecule has 1 aromatic rings. The third-order valence-electron chi connectivity index (χ3n) is 3.23. The predicted octanol–water partition coefficient (Wildman–Crippen LogP) is 2.84. The average Bonchev–Trinajstić information content (AvgIpc) is 3.12. The van der Waals surface area contributed by atoms with Crippen molar-refractivity contribution in [2.45, 2.75) is 19.5 Å². The largest absolute Gasteiger partial charge is 0.455 e. The van der Waals surface area contributed by atoms with Crippen LogP contribution in [0.25, 0.3) is 0 Å². The zero-order valence-electron chi connectivity index (χ0n) is 11.2. The van der Waals surface area contributed by atoms with Gasteiger partial charge in [-0.05, 0) is 30.5 Å². The molecule has 1 fully saturated rings. The molecule has 7 heteroatoms. The molecule has 0 radical (unpaired) electrons. The minimum atomic E-state index is -4.48. The highest BCUT2D eigenvalue weighted by Gasteiger charge is 2.40. The lowest BCUT2D eigenvalue weighted by Gasteiger charge is -2.10. The second-order valence-corrected chi connectivity index (χ2v) is 5.05. The first-order chi connectivity index (χ1) is 9.77. The quantitative estimate of drug-likeness (QED) is 0.870. The van der Waals surface area contributed by atoms with Crippen LogP contribution in [0, 0.1) is 11.8 Å². The van der Waals surface area contributed by atoms with Gasteiger partial charge in [-0.2, -0.15) is 13.2 Å². The number of carbonyl (C=O) groups is 2. The number of ether oxygens (including phenoxy) is 1. The second-order valence-electron chi connectivity index (χ2n) is 5.05. The molecule has 4 nitrogen and oxygen atoms in total. The molecule has 0 aromatic heterocycles. The fourth-order valence-electron chi connectivity index (χ4n) is 1.86. The Balaban J connectivity index is 1.86. The van der Waals surface area contributed by atoms with Crippen LogP contribution in [0.1, 0.15) is 18.9 Å². The Morgan fingerprint density at radius 1 is 1.38 bits per heavy atom. The number of alkyl halides is 3. The number of rotatable bonds is 4. The van der Waals surface area contributed by atoms with Crippen molar-refractivity contribution in [2.75, 3.05) is 11.9 Å². The van der Waals surface area contributed by atoms with Gasteiger partial charge in [-0.3, -0.25) is 9.59 Å². The maximum Gasteiger partial charge on any atom is 0.416 e. The zero-order chi connectivity index (χ0) is 15.6. The molecule has 21 heavy (non-hydrogen) atoms. The third kappa shape index (κ3) is 4.21. The van der Waals surface area contributed by atoms with Gasteiger partial charge < -0.3 is 10.1 Å². The highest BCUT2D eigenvalue weighted by Crippen LogP contribution is 2.38. The van der Waals surface area contributed by atoms with Crippen molar-refractivity contribution in [3.05, 3.63) is 29.8 Å². The van der Waals surface area contributed by atoms with Gasteiger partial charge in [0.1, 0.15) is 0 Å². The number of carbonyl (C=O) groups excluding carboxylic acids is 2. The van der Waals surface area contributed by atoms with Crippen LogP contribution >= 0.6 is 0 Å². The SMILES string of the molecule is C[C@H]1C[C@@H]1C(=O)OCC(=O)Nc1cccc(C(F)(F)F)c1. The molecule has 1 N–H and O–H groups in total. The minimum absolute atomic E-state index is 0.00524. The van der Waals surface area contributed by atoms with Crippen LogP contribution in [0.15, 0.2) is 24.3 Å². The van der Waals surface area contributed by atoms with Crippen LogP contribution in [-0.4, -0.2) is 18.5 Å². The van der Waals surface area contributed by atoms with Gasteiger partial charge in [-0.25, -0.2) is 0 Å². The summed E-state index contributed by atoms with van der Waals surface area (Å²) in [4.78, 5) is 22.9. The average molecular weight is 301 g/mol. The lowest BCUT2D eigenvalue weighted by atomic mass is 10.2. The first-order valence-corrected chi connectivity index (χ1v) is 6.41. The number of anilines is 1. The van der Waals surface area contributed by atoms with Crippen LogP contribution in [0.3, 0.4) is 0 Å². The predicted molar refractivity (Wildman–Crippen MR) is 68.3 cm³/mol. The molecule has 1 aromatic carbocycles. The third-order valence-corrected chi connectivity index (χ3v) is 3.23. The molecule has 1 saturated carbocycles. The molecule has 1 aliphatic carbocycles. The molecule has 0 bridgehead atoms. The molecule has 0 unspecified atom stereocenters. The van der Waals surface area contributed by atoms with Crippen molar-refractivity contribution in [1.82, 2.24) is 0 Å². The van der Waals surface area contributed by atoms with E-state index in [9.17, 15) is 22.8 Å². The summed E-state index contributed by atoms with van der Waals surface area (Å²) in [5.41, 5.74) is -0.852. The summed E-state index contributed by atoms with van der Waals surface area (Å²) in [6, 6.07) is 4.25. The highest BCUT2D eigenvalue weighted by molar-refractivity contribution is 5.93. The second kappa shape index (κ2) is 5.75. The van der Waals surface area contributed by atoms with E-state index < -0.39 is 30.2 Å². The van der Waals surface area contributed by atoms with E-state index in [2.05, 4.69) is 5.32 Å². The van der Waals surface area contributed by atoms with E-state index in [1.807, 2.05) is 6.92 Å². The molecule has 1 aliphatic rings. The number of esters is 1. The summed E-state index contributed by atoms with van der Waals surface area (Å²) in [5.74, 6) is -1.01. The minimum Gasteiger partial charge on any atom is -0.455 e. The summed E-state index contributed by atoms with van der Waals surface area (Å²) in [6.45, 7) is 1.40. The van der Waals surface area contributed by atoms with Crippen LogP contribution in [0.5, 0.6) is 0 Å². The van der Waals surface area contributed by atoms with E-state index >= 15 is 0 Å². The monoisotopic (exact) mass is 301 g/mol. The Kier molecular flexibility index (Phi) is 4.20. The van der Waals surface area contributed by atoms with Crippen molar-refractivity contribution >= 4 is 17.6 Å². The lowest BCUT2D eigenvalue weighted by molar-refractivity contribution is -0.148. The van der Waals surface area contributed by atoms with Gasteiger partial charge in [-0.1, -0.05) is 13.0 Å². The maximum absolute atomic E-state index is 12.5. The summed E-state index contributed by atoms with van der Waals surface area (Å²) >= 11 is 0. The first kappa shape index (κ1) is 15.3. The molecule has 0 aliphatic heterocycles. The Labute approximate surface area is 119 Å². The Morgan fingerprint density at radius 3 is 2.62 bits per heavy atom. The van der Waals surface area contributed by atoms with Crippen molar-refractivity contribution in [1.29, 1.82) is 0 Å². The Morgan fingerprint density at radius 2 is 2.05 bits per heavy atom. The maximum atomic E-state index is 12.5. The molecule has 0 heterocycles. The van der Waals surface area contributed by atoms with Crippen LogP contribution < -0.4 is 5.32 Å². The van der Waals surface area contributed by atoms with Gasteiger partial charge in [0.15, 0.2) is 6.61 Å². The van der Waals surface area contributed by atoms with Gasteiger partial charge in [0.25, 0.3) is 5.91 Å². The van der Waals surface area contributed by atoms with E-state index in [1.165, 1.54) is 12.1 Å². The van der Waals surface area contributed by atoms with E-state index in [-0.39, 0.29) is 17.5 Å². The molecule has 0 spiro atoms. The van der Waals surface area contributed by atoms with Crippen molar-refractivity contribution in [3.63, 3.8) is 0 Å². The fraction of sp³-hybridized carbons (Fsp3) is 0.429. The molecular weight excluding hydrogens is 287 g/mol. The number of nitrogens with one attached hydrogen (secondary N) is 1. The standard InChI is InChI=1S/C14H14F3NO3/c1-8-5-11(8)13(20)21-7-12(19)18-10-4-2-3-9(6-10)14(15,16)17/h2-4,6,8,11H,5,7H2,1H3,(H,18,19)/t8-,11-/m0/s1. The van der Waals surface area contributed by atoms with Crippen molar-refractivity contribution in [2.24, 2.45) is 11.8 Å². The van der Waals surface area contributed by atoms with E-state index in [4.69, 9.17) is 4.74 Å². The van der Waals surface area contributed by atoms with Crippen molar-refractivity contribution < 1.29 is 27.5 Å². The van der Waals surface area contributed by atoms with Crippen LogP contribution in [0.2, 0.25) is 0 Å². The Hall–Kier alpha value is -2.05. The topological polar surface area (TPSA) is 55.4 Å². The van der Waals surface area contributed by atoms with E-state index in [1.54, 1.807) is 0 Å². The molecule has 114 valence electrons. The van der Waals surface area contributed by atoms with Gasteiger partial charge >= 0.3 is 12.1 Å². The zero-order valence-corrected chi connectivity index (χ0v) is 11.2. The number of hydrogen-bond acceptors (Lipinski definition) is 3. The van der Waals surface area contributed by atoms with E-state index in [0.29, 0.717) is 0 Å². The number of hydrogen-bond donors (Lipinski definition) is 1. The van der Waals surface area contributed by atoms with Crippen LogP contribution in [-0.2, 0) is 20.5 Å². The molecular formula is C14H14F3NO3. The normalized spacial score (nSPS) is 20.8. The molecule has 1 amide bonds. The van der Waals surface area contributed by atoms with Gasteiger partial charge in [0, 0.05) is 5.69 Å². The Bertz CT molecular complexity index is 557. The summed E-state index contributed by atoms with van der Waals surface area (Å²) < 4.78 is 42.3. The van der Waals surface area contributed by atoms with Crippen LogP contribution in [0.4, 0.5) is 18.9 Å². The fourth-order valence-corrected chi connectivity index (χ4v) is 1.86. The molecule has 0 saturated heterocycles. The highest BCUT2D eigenvalue weighted by atomic mass is 19.4. The molecule has 2 rings (SSSR count). The number of halogens is 3. The van der Waals surface area contributed by atoms with Gasteiger partial charge in [-0.15, -0.1) is 0 Å². The lowest BCUT2D eigenvalue weighted by Crippen LogP contribution is -2.22. The summed E-state index contributed by atoms with van der Waals surface area (Å²) in [6.07, 6.45) is -3.73. The summed E-state index contributed by atoms with van der Waals surface area (Å²) in [5, 5.41) is 2.26.